The summed E-state index contributed by atoms with van der Waals surface area (Å²) in [6, 6.07) is 12.9. The molecule has 0 unspecified atom stereocenters. The number of rotatable bonds is 4. The van der Waals surface area contributed by atoms with Gasteiger partial charge in [-0.2, -0.15) is 0 Å². The normalized spacial score (nSPS) is 14.2. The number of halogens is 1. The molecule has 0 saturated heterocycles. The summed E-state index contributed by atoms with van der Waals surface area (Å²) < 4.78 is 2.22. The summed E-state index contributed by atoms with van der Waals surface area (Å²) in [5.74, 6) is -1.88. The number of fused-ring (bicyclic) bond motifs is 1. The molecule has 3 aromatic rings. The molecule has 0 spiro atoms. The minimum atomic E-state index is -0.804. The van der Waals surface area contributed by atoms with E-state index in [1.54, 1.807) is 12.1 Å². The van der Waals surface area contributed by atoms with Crippen molar-refractivity contribution in [2.45, 2.75) is 52.0 Å². The van der Waals surface area contributed by atoms with Gasteiger partial charge in [-0.25, -0.2) is 4.68 Å². The lowest BCUT2D eigenvalue weighted by atomic mass is 9.95. The first kappa shape index (κ1) is 23.0. The second kappa shape index (κ2) is 9.79. The van der Waals surface area contributed by atoms with E-state index in [2.05, 4.69) is 32.0 Å². The maximum absolute atomic E-state index is 13.2. The van der Waals surface area contributed by atoms with Crippen LogP contribution in [0, 0.1) is 13.8 Å². The van der Waals surface area contributed by atoms with Gasteiger partial charge in [0, 0.05) is 21.6 Å². The molecule has 1 saturated carbocycles. The lowest BCUT2D eigenvalue weighted by molar-refractivity contribution is -0.137. The number of anilines is 1. The average molecular weight is 511 g/mol. The molecule has 1 aliphatic carbocycles. The first-order valence-corrected chi connectivity index (χ1v) is 11.9. The summed E-state index contributed by atoms with van der Waals surface area (Å²) in [6.45, 7) is 3.91. The molecule has 0 radical (unpaired) electrons. The highest BCUT2D eigenvalue weighted by Gasteiger charge is 2.24. The Bertz CT molecular complexity index is 1230. The molecular weight excluding hydrogens is 484 g/mol. The van der Waals surface area contributed by atoms with Crippen LogP contribution in [0.15, 0.2) is 46.9 Å². The first-order valence-electron chi connectivity index (χ1n) is 11.1. The zero-order valence-corrected chi connectivity index (χ0v) is 20.3. The van der Waals surface area contributed by atoms with Crippen LogP contribution in [-0.4, -0.2) is 28.4 Å². The third-order valence-corrected chi connectivity index (χ3v) is 6.48. The van der Waals surface area contributed by atoms with E-state index in [-0.39, 0.29) is 17.6 Å². The molecule has 1 heterocycles. The molecule has 1 aliphatic rings. The van der Waals surface area contributed by atoms with Crippen molar-refractivity contribution in [1.82, 2.24) is 9.99 Å². The van der Waals surface area contributed by atoms with E-state index in [9.17, 15) is 14.4 Å². The second-order valence-corrected chi connectivity index (χ2v) is 9.51. The van der Waals surface area contributed by atoms with Crippen molar-refractivity contribution in [3.8, 4) is 0 Å². The number of hydrogen-bond donors (Lipinski definition) is 3. The summed E-state index contributed by atoms with van der Waals surface area (Å²) >= 11 is 3.44. The largest absolute Gasteiger partial charge is 0.345 e. The molecule has 4 rings (SSSR count). The van der Waals surface area contributed by atoms with Crippen LogP contribution in [0.3, 0.4) is 0 Å². The van der Waals surface area contributed by atoms with E-state index >= 15 is 0 Å². The van der Waals surface area contributed by atoms with Crippen molar-refractivity contribution in [1.29, 1.82) is 0 Å². The van der Waals surface area contributed by atoms with Crippen molar-refractivity contribution in [2.24, 2.45) is 0 Å². The van der Waals surface area contributed by atoms with Gasteiger partial charge in [-0.15, -0.1) is 0 Å². The Morgan fingerprint density at radius 2 is 1.70 bits per heavy atom. The highest BCUT2D eigenvalue weighted by atomic mass is 79.9. The topological polar surface area (TPSA) is 92.2 Å². The van der Waals surface area contributed by atoms with E-state index in [1.165, 1.54) is 4.68 Å². The molecule has 0 bridgehead atoms. The highest BCUT2D eigenvalue weighted by molar-refractivity contribution is 9.10. The monoisotopic (exact) mass is 510 g/mol. The summed E-state index contributed by atoms with van der Waals surface area (Å²) in [5, 5.41) is 6.48. The van der Waals surface area contributed by atoms with E-state index in [4.69, 9.17) is 0 Å². The predicted octanol–water partition coefficient (Wildman–Crippen LogP) is 4.79. The maximum Gasteiger partial charge on any atom is 0.328 e. The SMILES string of the molecule is Cc1ccc(NC(=O)c2cc3cc(Br)ccc3n2NC(=O)C(=O)NC2CCCCC2)c(C)c1. The molecule has 172 valence electrons. The van der Waals surface area contributed by atoms with Gasteiger partial charge in [0.1, 0.15) is 5.69 Å². The zero-order valence-electron chi connectivity index (χ0n) is 18.7. The third-order valence-electron chi connectivity index (χ3n) is 5.99. The van der Waals surface area contributed by atoms with Crippen LogP contribution in [0.1, 0.15) is 53.7 Å². The summed E-state index contributed by atoms with van der Waals surface area (Å²) in [6.07, 6.45) is 5.01. The molecule has 0 aliphatic heterocycles. The van der Waals surface area contributed by atoms with Crippen LogP contribution in [0.5, 0.6) is 0 Å². The average Bonchev–Trinajstić information content (AvgIpc) is 3.13. The standard InChI is InChI=1S/C25H27BrN4O3/c1-15-8-10-20(16(2)12-15)28-23(31)22-14-17-13-18(26)9-11-21(17)30(22)29-25(33)24(32)27-19-6-4-3-5-7-19/h8-14,19H,3-7H2,1-2H3,(H,27,32)(H,28,31)(H,29,33). The number of carbonyl (C=O) groups is 3. The molecular formula is C25H27BrN4O3. The predicted molar refractivity (Wildman–Crippen MR) is 133 cm³/mol. The van der Waals surface area contributed by atoms with Crippen LogP contribution < -0.4 is 16.1 Å². The van der Waals surface area contributed by atoms with Gasteiger partial charge in [0.15, 0.2) is 0 Å². The fourth-order valence-corrected chi connectivity index (χ4v) is 4.64. The number of amides is 3. The number of hydrogen-bond acceptors (Lipinski definition) is 3. The van der Waals surface area contributed by atoms with Crippen LogP contribution in [0.25, 0.3) is 10.9 Å². The number of carbonyl (C=O) groups excluding carboxylic acids is 3. The molecule has 7 nitrogen and oxygen atoms in total. The van der Waals surface area contributed by atoms with Gasteiger partial charge in [-0.1, -0.05) is 52.9 Å². The van der Waals surface area contributed by atoms with Crippen molar-refractivity contribution in [3.05, 3.63) is 63.8 Å². The van der Waals surface area contributed by atoms with Gasteiger partial charge in [-0.3, -0.25) is 19.8 Å². The molecule has 1 aromatic heterocycles. The number of aromatic nitrogens is 1. The van der Waals surface area contributed by atoms with Crippen molar-refractivity contribution in [3.63, 3.8) is 0 Å². The van der Waals surface area contributed by atoms with Gasteiger partial charge in [0.25, 0.3) is 5.91 Å². The quantitative estimate of drug-likeness (QED) is 0.440. The number of nitrogens with one attached hydrogen (secondary N) is 3. The van der Waals surface area contributed by atoms with E-state index < -0.39 is 11.8 Å². The molecule has 8 heteroatoms. The second-order valence-electron chi connectivity index (χ2n) is 8.59. The van der Waals surface area contributed by atoms with E-state index in [0.717, 1.165) is 53.1 Å². The minimum absolute atomic E-state index is 0.0154. The van der Waals surface area contributed by atoms with Crippen molar-refractivity contribution < 1.29 is 14.4 Å². The number of aryl methyl sites for hydroxylation is 2. The number of nitrogens with zero attached hydrogens (tertiary/aromatic N) is 1. The zero-order chi connectivity index (χ0) is 23.5. The van der Waals surface area contributed by atoms with E-state index in [1.807, 2.05) is 44.2 Å². The van der Waals surface area contributed by atoms with Gasteiger partial charge in [-0.05, 0) is 62.6 Å². The summed E-state index contributed by atoms with van der Waals surface area (Å²) in [4.78, 5) is 38.5. The maximum atomic E-state index is 13.2. The smallest absolute Gasteiger partial charge is 0.328 e. The molecule has 1 fully saturated rings. The van der Waals surface area contributed by atoms with Crippen LogP contribution in [0.4, 0.5) is 5.69 Å². The Labute approximate surface area is 201 Å². The van der Waals surface area contributed by atoms with Crippen LogP contribution in [0.2, 0.25) is 0 Å². The molecule has 3 N–H and O–H groups in total. The van der Waals surface area contributed by atoms with Gasteiger partial charge in [0.2, 0.25) is 0 Å². The lowest BCUT2D eigenvalue weighted by Gasteiger charge is -2.22. The molecule has 2 aromatic carbocycles. The Morgan fingerprint density at radius 1 is 0.939 bits per heavy atom. The number of benzene rings is 2. The van der Waals surface area contributed by atoms with Gasteiger partial charge >= 0.3 is 11.8 Å². The first-order chi connectivity index (χ1) is 15.8. The summed E-state index contributed by atoms with van der Waals surface area (Å²) in [7, 11) is 0. The van der Waals surface area contributed by atoms with Crippen LogP contribution in [-0.2, 0) is 9.59 Å². The highest BCUT2D eigenvalue weighted by Crippen LogP contribution is 2.25. The Hall–Kier alpha value is -3.13. The summed E-state index contributed by atoms with van der Waals surface area (Å²) in [5.41, 5.74) is 6.18. The Kier molecular flexibility index (Phi) is 6.83. The Morgan fingerprint density at radius 3 is 2.42 bits per heavy atom. The fourth-order valence-electron chi connectivity index (χ4n) is 4.26. The Balaban J connectivity index is 1.60. The van der Waals surface area contributed by atoms with Gasteiger partial charge in [0.05, 0.1) is 5.52 Å². The van der Waals surface area contributed by atoms with Crippen molar-refractivity contribution in [2.75, 3.05) is 10.7 Å². The fraction of sp³-hybridized carbons (Fsp3) is 0.320. The lowest BCUT2D eigenvalue weighted by Crippen LogP contribution is -2.44. The molecule has 3 amide bonds. The van der Waals surface area contributed by atoms with E-state index in [0.29, 0.717) is 11.2 Å². The van der Waals surface area contributed by atoms with Crippen molar-refractivity contribution >= 4 is 50.2 Å². The third kappa shape index (κ3) is 5.27. The van der Waals surface area contributed by atoms with Crippen LogP contribution >= 0.6 is 15.9 Å². The van der Waals surface area contributed by atoms with Gasteiger partial charge < -0.3 is 10.6 Å². The minimum Gasteiger partial charge on any atom is -0.345 e. The molecule has 33 heavy (non-hydrogen) atoms. The molecule has 0 atom stereocenters.